The number of allylic oxidation sites excluding steroid dienone is 4. The summed E-state index contributed by atoms with van der Waals surface area (Å²) in [5.74, 6) is 0.258. The molecule has 0 aromatic heterocycles. The Labute approximate surface area is 136 Å². The highest BCUT2D eigenvalue weighted by Crippen LogP contribution is 2.31. The van der Waals surface area contributed by atoms with Crippen LogP contribution in [-0.2, 0) is 4.79 Å². The summed E-state index contributed by atoms with van der Waals surface area (Å²) in [5, 5.41) is 2.50. The number of carbonyl (C=O) groups is 1. The van der Waals surface area contributed by atoms with Gasteiger partial charge in [0.25, 0.3) is 0 Å². The monoisotopic (exact) mass is 298 g/mol. The van der Waals surface area contributed by atoms with Crippen LogP contribution in [0.15, 0.2) is 60.7 Å². The lowest BCUT2D eigenvalue weighted by Crippen LogP contribution is -2.20. The van der Waals surface area contributed by atoms with Crippen LogP contribution in [0.4, 0.5) is 0 Å². The average molecular weight is 298 g/mol. The summed E-state index contributed by atoms with van der Waals surface area (Å²) < 4.78 is 0. The van der Waals surface area contributed by atoms with Gasteiger partial charge in [0, 0.05) is 12.3 Å². The molecule has 4 rings (SSSR count). The molecule has 2 aliphatic rings. The zero-order valence-electron chi connectivity index (χ0n) is 12.9. The normalized spacial score (nSPS) is 18.5. The molecule has 0 saturated heterocycles. The molecular formula is C22H18O. The van der Waals surface area contributed by atoms with E-state index in [1.807, 2.05) is 6.07 Å². The van der Waals surface area contributed by atoms with Gasteiger partial charge in [0.05, 0.1) is 0 Å². The molecule has 1 atom stereocenters. The molecule has 2 aromatic rings. The molecular weight excluding hydrogens is 280 g/mol. The maximum absolute atomic E-state index is 10.7. The molecule has 0 aliphatic heterocycles. The first-order valence-electron chi connectivity index (χ1n) is 8.07. The second-order valence-corrected chi connectivity index (χ2v) is 6.14. The summed E-state index contributed by atoms with van der Waals surface area (Å²) in [6, 6.07) is 17.1. The minimum atomic E-state index is 0.258. The number of aldehydes is 1. The van der Waals surface area contributed by atoms with E-state index in [4.69, 9.17) is 0 Å². The summed E-state index contributed by atoms with van der Waals surface area (Å²) in [6.45, 7) is 0. The van der Waals surface area contributed by atoms with Crippen molar-refractivity contribution in [3.05, 3.63) is 82.2 Å². The van der Waals surface area contributed by atoms with Crippen LogP contribution in [0.3, 0.4) is 0 Å². The van der Waals surface area contributed by atoms with Gasteiger partial charge in [0.15, 0.2) is 0 Å². The fourth-order valence-electron chi connectivity index (χ4n) is 3.39. The summed E-state index contributed by atoms with van der Waals surface area (Å²) in [4.78, 5) is 10.7. The van der Waals surface area contributed by atoms with Crippen LogP contribution < -0.4 is 10.4 Å². The molecule has 1 unspecified atom stereocenters. The Morgan fingerprint density at radius 1 is 0.957 bits per heavy atom. The molecule has 0 amide bonds. The van der Waals surface area contributed by atoms with Gasteiger partial charge >= 0.3 is 0 Å². The van der Waals surface area contributed by atoms with Crippen molar-refractivity contribution in [3.8, 4) is 0 Å². The molecule has 23 heavy (non-hydrogen) atoms. The largest absolute Gasteiger partial charge is 0.303 e. The average Bonchev–Trinajstić information content (AvgIpc) is 3.22. The van der Waals surface area contributed by atoms with Crippen molar-refractivity contribution in [1.29, 1.82) is 0 Å². The Balaban J connectivity index is 1.65. The van der Waals surface area contributed by atoms with Crippen LogP contribution in [0.5, 0.6) is 0 Å². The number of fused-ring (bicyclic) bond motifs is 1. The molecule has 0 fully saturated rings. The van der Waals surface area contributed by atoms with Crippen molar-refractivity contribution in [2.45, 2.75) is 12.8 Å². The lowest BCUT2D eigenvalue weighted by Gasteiger charge is -2.02. The van der Waals surface area contributed by atoms with Crippen molar-refractivity contribution in [1.82, 2.24) is 0 Å². The second kappa shape index (κ2) is 5.85. The maximum atomic E-state index is 10.7. The molecule has 0 spiro atoms. The first kappa shape index (κ1) is 14.0. The van der Waals surface area contributed by atoms with E-state index in [2.05, 4.69) is 66.8 Å². The number of rotatable bonds is 4. The molecule has 2 aliphatic carbocycles. The summed E-state index contributed by atoms with van der Waals surface area (Å²) >= 11 is 0. The van der Waals surface area contributed by atoms with E-state index in [0.717, 1.165) is 12.7 Å². The molecule has 0 bridgehead atoms. The van der Waals surface area contributed by atoms with Crippen molar-refractivity contribution >= 4 is 29.6 Å². The van der Waals surface area contributed by atoms with Crippen molar-refractivity contribution in [2.75, 3.05) is 0 Å². The topological polar surface area (TPSA) is 17.1 Å². The highest BCUT2D eigenvalue weighted by atomic mass is 16.1. The third-order valence-electron chi connectivity index (χ3n) is 4.59. The van der Waals surface area contributed by atoms with E-state index < -0.39 is 0 Å². The van der Waals surface area contributed by atoms with Crippen LogP contribution in [0.2, 0.25) is 0 Å². The number of benzene rings is 2. The Hall–Kier alpha value is -2.67. The number of hydrogen-bond donors (Lipinski definition) is 0. The van der Waals surface area contributed by atoms with Gasteiger partial charge in [-0.3, -0.25) is 0 Å². The smallest absolute Gasteiger partial charge is 0.120 e. The Bertz CT molecular complexity index is 930. The van der Waals surface area contributed by atoms with E-state index in [0.29, 0.717) is 6.42 Å². The van der Waals surface area contributed by atoms with Crippen molar-refractivity contribution in [2.24, 2.45) is 5.92 Å². The molecule has 0 saturated carbocycles. The molecule has 0 N–H and O–H groups in total. The van der Waals surface area contributed by atoms with Crippen LogP contribution in [0.1, 0.15) is 24.0 Å². The molecule has 0 heterocycles. The molecule has 112 valence electrons. The maximum Gasteiger partial charge on any atom is 0.120 e. The minimum absolute atomic E-state index is 0.258. The Morgan fingerprint density at radius 2 is 1.78 bits per heavy atom. The van der Waals surface area contributed by atoms with Gasteiger partial charge in [-0.2, -0.15) is 0 Å². The fraction of sp³-hybridized carbons (Fsp3) is 0.136. The summed E-state index contributed by atoms with van der Waals surface area (Å²) in [5.41, 5.74) is 5.21. The van der Waals surface area contributed by atoms with E-state index in [9.17, 15) is 4.79 Å². The molecule has 2 aromatic carbocycles. The minimum Gasteiger partial charge on any atom is -0.303 e. The Morgan fingerprint density at radius 3 is 2.61 bits per heavy atom. The standard InChI is InChI=1S/C22H18O/c23-11-10-16-12-18-6-8-21(15-22(18)13-16)20-9-7-19(14-20)17-4-2-1-3-5-17/h1-8,11-16H,9-10H2. The van der Waals surface area contributed by atoms with E-state index >= 15 is 0 Å². The lowest BCUT2D eigenvalue weighted by molar-refractivity contribution is -0.108. The first-order valence-corrected chi connectivity index (χ1v) is 8.07. The zero-order chi connectivity index (χ0) is 15.6. The van der Waals surface area contributed by atoms with Gasteiger partial charge in [-0.05, 0) is 45.2 Å². The molecule has 1 nitrogen and oxygen atoms in total. The van der Waals surface area contributed by atoms with Gasteiger partial charge < -0.3 is 4.79 Å². The second-order valence-electron chi connectivity index (χ2n) is 6.14. The van der Waals surface area contributed by atoms with E-state index in [-0.39, 0.29) is 5.92 Å². The highest BCUT2D eigenvalue weighted by Gasteiger charge is 2.12. The van der Waals surface area contributed by atoms with Crippen LogP contribution in [0.25, 0.3) is 23.3 Å². The quantitative estimate of drug-likeness (QED) is 0.791. The lowest BCUT2D eigenvalue weighted by atomic mass is 10.0. The van der Waals surface area contributed by atoms with E-state index in [1.54, 1.807) is 0 Å². The van der Waals surface area contributed by atoms with E-state index in [1.165, 1.54) is 32.7 Å². The zero-order valence-corrected chi connectivity index (χ0v) is 12.9. The SMILES string of the molecule is O=CCC1C=c2ccc(C3=CC(c4ccccc4)=CC3)cc2=C1. The van der Waals surface area contributed by atoms with Gasteiger partial charge in [0.2, 0.25) is 0 Å². The molecule has 1 heteroatoms. The van der Waals surface area contributed by atoms with Gasteiger partial charge in [0.1, 0.15) is 6.29 Å². The highest BCUT2D eigenvalue weighted by molar-refractivity contribution is 5.89. The molecule has 0 radical (unpaired) electrons. The summed E-state index contributed by atoms with van der Waals surface area (Å²) in [7, 11) is 0. The van der Waals surface area contributed by atoms with Crippen LogP contribution in [-0.4, -0.2) is 6.29 Å². The third kappa shape index (κ3) is 2.70. The Kier molecular flexibility index (Phi) is 3.55. The third-order valence-corrected chi connectivity index (χ3v) is 4.59. The number of hydrogen-bond acceptors (Lipinski definition) is 1. The van der Waals surface area contributed by atoms with Crippen molar-refractivity contribution < 1.29 is 4.79 Å². The van der Waals surface area contributed by atoms with Crippen LogP contribution >= 0.6 is 0 Å². The van der Waals surface area contributed by atoms with Crippen molar-refractivity contribution in [3.63, 3.8) is 0 Å². The summed E-state index contributed by atoms with van der Waals surface area (Å²) in [6.07, 6.45) is 11.5. The predicted molar refractivity (Wildman–Crippen MR) is 95.8 cm³/mol. The first-order chi connectivity index (χ1) is 11.3. The fourth-order valence-corrected chi connectivity index (χ4v) is 3.39. The van der Waals surface area contributed by atoms with Crippen LogP contribution in [0, 0.1) is 5.92 Å². The van der Waals surface area contributed by atoms with Gasteiger partial charge in [-0.25, -0.2) is 0 Å². The van der Waals surface area contributed by atoms with Gasteiger partial charge in [-0.15, -0.1) is 0 Å². The predicted octanol–water partition coefficient (Wildman–Crippen LogP) is 3.34. The van der Waals surface area contributed by atoms with Gasteiger partial charge in [-0.1, -0.05) is 66.8 Å². The number of carbonyl (C=O) groups excluding carboxylic acids is 1.